The van der Waals surface area contributed by atoms with Crippen LogP contribution in [0, 0.1) is 11.8 Å². The average Bonchev–Trinajstić information content (AvgIpc) is 3.11. The number of carbonyl (C=O) groups is 1. The van der Waals surface area contributed by atoms with E-state index in [2.05, 4.69) is 106 Å². The Morgan fingerprint density at radius 2 is 1.43 bits per heavy atom. The van der Waals surface area contributed by atoms with Gasteiger partial charge in [0, 0.05) is 6.54 Å². The van der Waals surface area contributed by atoms with Gasteiger partial charge in [-0.15, -0.1) is 0 Å². The topological polar surface area (TPSA) is 60.8 Å². The monoisotopic (exact) mass is 676 g/mol. The van der Waals surface area contributed by atoms with Crippen LogP contribution in [0.25, 0.3) is 10.8 Å². The Kier molecular flexibility index (Phi) is 24.5. The van der Waals surface area contributed by atoms with Gasteiger partial charge in [-0.05, 0) is 105 Å². The van der Waals surface area contributed by atoms with Gasteiger partial charge < -0.3 is 15.1 Å². The number of benzene rings is 3. The molecule has 1 fully saturated rings. The molecule has 0 aromatic heterocycles. The highest BCUT2D eigenvalue weighted by atomic mass is 16.4. The van der Waals surface area contributed by atoms with Crippen molar-refractivity contribution < 1.29 is 15.0 Å². The Balaban J connectivity index is 0.000000388. The van der Waals surface area contributed by atoms with E-state index >= 15 is 0 Å². The number of aryl methyl sites for hydroxylation is 1. The van der Waals surface area contributed by atoms with Crippen molar-refractivity contribution in [3.8, 4) is 0 Å². The van der Waals surface area contributed by atoms with E-state index in [4.69, 9.17) is 5.11 Å². The van der Waals surface area contributed by atoms with Crippen molar-refractivity contribution in [3.63, 3.8) is 0 Å². The first-order valence-electron chi connectivity index (χ1n) is 19.4. The molecule has 4 rings (SSSR count). The summed E-state index contributed by atoms with van der Waals surface area (Å²) in [6.07, 6.45) is 19.0. The standard InChI is InChI=1S/C20H29NO.C15H24.C9H16O2.CH4/c1-3-14-21(2)15-13-20(22)10-6-7-17-11-12-18-8-4-5-9-19(18)16-17;1-3-5-7-11-14(10-4-2)15-12-8-6-9-13-15;1-7(9(10)11)8-5-3-2-4-6-8;/h4-5,8-9,11-12,16,20,22H,3,6-7,10,13-15H2,1-2H3;6,8-9,12-14H,3-5,7,10-11H2,1-2H3;7-8H,2-6H2,1H3,(H,10,11);1H4. The molecule has 0 radical (unpaired) electrons. The quantitative estimate of drug-likeness (QED) is 0.132. The Morgan fingerprint density at radius 3 is 2.06 bits per heavy atom. The molecule has 3 unspecified atom stereocenters. The second-order valence-corrected chi connectivity index (χ2v) is 14.2. The summed E-state index contributed by atoms with van der Waals surface area (Å²) < 4.78 is 0. The molecule has 0 spiro atoms. The molecule has 1 aliphatic rings. The molecule has 0 saturated heterocycles. The van der Waals surface area contributed by atoms with Crippen LogP contribution in [-0.4, -0.2) is 47.3 Å². The molecule has 3 aromatic rings. The Labute approximate surface area is 301 Å². The summed E-state index contributed by atoms with van der Waals surface area (Å²) in [5.41, 5.74) is 2.91. The van der Waals surface area contributed by atoms with Crippen molar-refractivity contribution >= 4 is 16.7 Å². The van der Waals surface area contributed by atoms with Gasteiger partial charge in [-0.25, -0.2) is 0 Å². The molecule has 3 atom stereocenters. The molecule has 49 heavy (non-hydrogen) atoms. The number of hydrogen-bond acceptors (Lipinski definition) is 3. The van der Waals surface area contributed by atoms with Gasteiger partial charge in [0.2, 0.25) is 0 Å². The first-order chi connectivity index (χ1) is 23.3. The third kappa shape index (κ3) is 18.8. The van der Waals surface area contributed by atoms with E-state index < -0.39 is 5.97 Å². The van der Waals surface area contributed by atoms with E-state index in [1.807, 2.05) is 6.92 Å². The highest BCUT2D eigenvalue weighted by molar-refractivity contribution is 5.83. The Hall–Kier alpha value is -2.69. The van der Waals surface area contributed by atoms with E-state index in [-0.39, 0.29) is 19.4 Å². The molecule has 0 heterocycles. The molecule has 0 bridgehead atoms. The highest BCUT2D eigenvalue weighted by Crippen LogP contribution is 2.30. The van der Waals surface area contributed by atoms with Crippen LogP contribution >= 0.6 is 0 Å². The van der Waals surface area contributed by atoms with Crippen LogP contribution in [0.4, 0.5) is 0 Å². The van der Waals surface area contributed by atoms with E-state index in [1.54, 1.807) is 0 Å². The van der Waals surface area contributed by atoms with E-state index in [0.29, 0.717) is 5.92 Å². The second-order valence-electron chi connectivity index (χ2n) is 14.2. The first kappa shape index (κ1) is 44.3. The maximum Gasteiger partial charge on any atom is 0.306 e. The third-order valence-electron chi connectivity index (χ3n) is 10.1. The maximum atomic E-state index is 10.6. The average molecular weight is 676 g/mol. The minimum absolute atomic E-state index is 0. The van der Waals surface area contributed by atoms with E-state index in [9.17, 15) is 9.90 Å². The van der Waals surface area contributed by atoms with Gasteiger partial charge in [0.25, 0.3) is 0 Å². The number of aliphatic hydroxyl groups is 1. The third-order valence-corrected chi connectivity index (χ3v) is 10.1. The number of aliphatic hydroxyl groups excluding tert-OH is 1. The Bertz CT molecular complexity index is 1220. The van der Waals surface area contributed by atoms with Crippen LogP contribution in [0.15, 0.2) is 72.8 Å². The smallest absolute Gasteiger partial charge is 0.306 e. The van der Waals surface area contributed by atoms with Gasteiger partial charge >= 0.3 is 5.97 Å². The number of fused-ring (bicyclic) bond motifs is 1. The second kappa shape index (κ2) is 27.1. The molecule has 4 heteroatoms. The fraction of sp³-hybridized carbons (Fsp3) is 0.622. The fourth-order valence-corrected chi connectivity index (χ4v) is 6.97. The van der Waals surface area contributed by atoms with Gasteiger partial charge in [0.1, 0.15) is 0 Å². The maximum absolute atomic E-state index is 10.6. The normalized spacial score (nSPS) is 14.8. The molecule has 2 N–H and O–H groups in total. The molecule has 1 saturated carbocycles. The number of nitrogens with zero attached hydrogens (tertiary/aromatic N) is 1. The number of carboxylic acid groups (broad SMARTS) is 1. The molecule has 3 aromatic carbocycles. The van der Waals surface area contributed by atoms with Crippen molar-refractivity contribution in [2.75, 3.05) is 20.1 Å². The zero-order chi connectivity index (χ0) is 35.0. The summed E-state index contributed by atoms with van der Waals surface area (Å²) >= 11 is 0. The molecular formula is C45H73NO3. The fourth-order valence-electron chi connectivity index (χ4n) is 6.97. The van der Waals surface area contributed by atoms with Crippen molar-refractivity contribution in [2.45, 2.75) is 150 Å². The van der Waals surface area contributed by atoms with Crippen LogP contribution < -0.4 is 0 Å². The zero-order valence-electron chi connectivity index (χ0n) is 31.2. The minimum atomic E-state index is -0.628. The molecule has 4 nitrogen and oxygen atoms in total. The van der Waals surface area contributed by atoms with Crippen molar-refractivity contribution in [2.24, 2.45) is 11.8 Å². The van der Waals surface area contributed by atoms with Crippen LogP contribution in [0.1, 0.15) is 148 Å². The van der Waals surface area contributed by atoms with Crippen molar-refractivity contribution in [1.29, 1.82) is 0 Å². The molecule has 1 aliphatic carbocycles. The summed E-state index contributed by atoms with van der Waals surface area (Å²) in [4.78, 5) is 12.9. The lowest BCUT2D eigenvalue weighted by Crippen LogP contribution is -2.24. The van der Waals surface area contributed by atoms with Crippen LogP contribution in [0.5, 0.6) is 0 Å². The molecule has 0 aliphatic heterocycles. The predicted molar refractivity (Wildman–Crippen MR) is 214 cm³/mol. The lowest BCUT2D eigenvalue weighted by atomic mass is 9.81. The lowest BCUT2D eigenvalue weighted by molar-refractivity contribution is -0.143. The van der Waals surface area contributed by atoms with Crippen LogP contribution in [-0.2, 0) is 11.2 Å². The number of hydrogen-bond donors (Lipinski definition) is 2. The van der Waals surface area contributed by atoms with Gasteiger partial charge in [0.15, 0.2) is 0 Å². The summed E-state index contributed by atoms with van der Waals surface area (Å²) in [7, 11) is 2.13. The van der Waals surface area contributed by atoms with Gasteiger partial charge in [-0.3, -0.25) is 4.79 Å². The first-order valence-corrected chi connectivity index (χ1v) is 19.4. The summed E-state index contributed by atoms with van der Waals surface area (Å²) in [6, 6.07) is 26.2. The number of rotatable bonds is 18. The number of aliphatic carboxylic acids is 1. The lowest BCUT2D eigenvalue weighted by Gasteiger charge is -2.24. The van der Waals surface area contributed by atoms with Gasteiger partial charge in [-0.1, -0.05) is 153 Å². The minimum Gasteiger partial charge on any atom is -0.481 e. The Morgan fingerprint density at radius 1 is 0.755 bits per heavy atom. The van der Waals surface area contributed by atoms with Crippen molar-refractivity contribution in [1.82, 2.24) is 4.90 Å². The van der Waals surface area contributed by atoms with Crippen LogP contribution in [0.2, 0.25) is 0 Å². The summed E-state index contributed by atoms with van der Waals surface area (Å²) in [5, 5.41) is 21.4. The largest absolute Gasteiger partial charge is 0.481 e. The molecule has 0 amide bonds. The number of carboxylic acids is 1. The summed E-state index contributed by atoms with van der Waals surface area (Å²) in [5.74, 6) is 0.483. The molecule has 276 valence electrons. The zero-order valence-corrected chi connectivity index (χ0v) is 31.2. The van der Waals surface area contributed by atoms with Gasteiger partial charge in [0.05, 0.1) is 12.0 Å². The highest BCUT2D eigenvalue weighted by Gasteiger charge is 2.24. The predicted octanol–water partition coefficient (Wildman–Crippen LogP) is 12.3. The van der Waals surface area contributed by atoms with Crippen LogP contribution in [0.3, 0.4) is 0 Å². The van der Waals surface area contributed by atoms with Gasteiger partial charge in [-0.2, -0.15) is 0 Å². The van der Waals surface area contributed by atoms with E-state index in [1.165, 1.54) is 86.1 Å². The van der Waals surface area contributed by atoms with Crippen molar-refractivity contribution in [3.05, 3.63) is 83.9 Å². The number of unbranched alkanes of at least 4 members (excludes halogenated alkanes) is 2. The summed E-state index contributed by atoms with van der Waals surface area (Å²) in [6.45, 7) is 10.7. The van der Waals surface area contributed by atoms with E-state index in [0.717, 1.165) is 57.5 Å². The molecular weight excluding hydrogens is 602 g/mol. The SMILES string of the molecule is C.CC(C(=O)O)C1CCCCC1.CCCCCC(CCC)c1ccccc1.CCCN(C)CCC(O)CCCc1ccc2ccccc2c1.